The Morgan fingerprint density at radius 2 is 1.88 bits per heavy atom. The molecule has 11 heteroatoms. The van der Waals surface area contributed by atoms with Crippen LogP contribution in [0.2, 0.25) is 0 Å². The van der Waals surface area contributed by atoms with Crippen molar-refractivity contribution in [3.63, 3.8) is 0 Å². The minimum absolute atomic E-state index is 0.0454. The molecule has 0 saturated carbocycles. The number of rotatable bonds is 11. The average molecular weight is 599 g/mol. The summed E-state index contributed by atoms with van der Waals surface area (Å²) in [4.78, 5) is 31.9. The molecule has 2 atom stereocenters. The number of ether oxygens (including phenoxy) is 1. The Kier molecular flexibility index (Phi) is 10.5. The van der Waals surface area contributed by atoms with E-state index in [0.29, 0.717) is 18.1 Å². The van der Waals surface area contributed by atoms with Crippen LogP contribution in [0.25, 0.3) is 10.8 Å². The molecular formula is C30H38N4O5S2. The quantitative estimate of drug-likeness (QED) is 0.163. The van der Waals surface area contributed by atoms with E-state index in [0.717, 1.165) is 59.3 Å². The molecule has 41 heavy (non-hydrogen) atoms. The summed E-state index contributed by atoms with van der Waals surface area (Å²) in [6, 6.07) is 16.1. The smallest absolute Gasteiger partial charge is 0.330 e. The number of carbonyl (C=O) groups excluding carboxylic acids is 2. The second-order valence-corrected chi connectivity index (χ2v) is 13.1. The molecule has 2 heterocycles. The molecule has 1 aliphatic heterocycles. The van der Waals surface area contributed by atoms with Gasteiger partial charge in [0, 0.05) is 35.7 Å². The van der Waals surface area contributed by atoms with Crippen molar-refractivity contribution in [2.45, 2.75) is 70.9 Å². The number of thiophene rings is 1. The molecule has 0 radical (unpaired) electrons. The Morgan fingerprint density at radius 1 is 1.12 bits per heavy atom. The van der Waals surface area contributed by atoms with Gasteiger partial charge in [-0.2, -0.15) is 0 Å². The van der Waals surface area contributed by atoms with Crippen LogP contribution < -0.4 is 14.9 Å². The molecule has 2 aromatic carbocycles. The number of carbonyl (C=O) groups is 2. The third kappa shape index (κ3) is 9.11. The third-order valence-corrected chi connectivity index (χ3v) is 8.43. The summed E-state index contributed by atoms with van der Waals surface area (Å²) in [5.74, 6) is -0.0488. The van der Waals surface area contributed by atoms with Crippen LogP contribution in [0, 0.1) is 0 Å². The number of aryl methyl sites for hydroxylation is 1. The van der Waals surface area contributed by atoms with E-state index in [1.54, 1.807) is 38.2 Å². The lowest BCUT2D eigenvalue weighted by Crippen LogP contribution is -2.46. The summed E-state index contributed by atoms with van der Waals surface area (Å²) in [7, 11) is 0. The first-order valence-corrected chi connectivity index (χ1v) is 15.7. The molecule has 3 aromatic rings. The number of nitrogens with zero attached hydrogens (tertiary/aromatic N) is 2. The third-order valence-electron chi connectivity index (χ3n) is 6.46. The summed E-state index contributed by atoms with van der Waals surface area (Å²) >= 11 is -0.904. The maximum absolute atomic E-state index is 13.4. The largest absolute Gasteiger partial charge is 0.458 e. The van der Waals surface area contributed by atoms with Gasteiger partial charge in [-0.1, -0.05) is 30.3 Å². The highest BCUT2D eigenvalue weighted by atomic mass is 32.2. The molecule has 1 aromatic heterocycles. The molecule has 1 amide bonds. The van der Waals surface area contributed by atoms with Crippen molar-refractivity contribution >= 4 is 56.9 Å². The Hall–Kier alpha value is -3.28. The van der Waals surface area contributed by atoms with Crippen LogP contribution in [-0.2, 0) is 38.4 Å². The zero-order valence-electron chi connectivity index (χ0n) is 23.7. The van der Waals surface area contributed by atoms with E-state index in [4.69, 9.17) is 4.74 Å². The van der Waals surface area contributed by atoms with Crippen molar-refractivity contribution < 1.29 is 23.1 Å². The zero-order chi connectivity index (χ0) is 29.4. The number of anilines is 1. The molecule has 1 aliphatic rings. The van der Waals surface area contributed by atoms with Gasteiger partial charge in [-0.25, -0.2) is 9.00 Å². The van der Waals surface area contributed by atoms with E-state index >= 15 is 0 Å². The first-order valence-electron chi connectivity index (χ1n) is 13.9. The fourth-order valence-electron chi connectivity index (χ4n) is 4.58. The standard InChI is InChI=1S/C30H38N4O5S2/c1-30(2,3)39-28(36)26(34(41(37)38)23-14-13-21-9-4-5-10-22(21)19-23)20-25-16-15-24(40-25)11-6-7-12-27(35)33-29-31-17-8-18-32-29/h4-5,9-10,13-16,19,26H,6-8,11-12,17-18,20H2,1-3H3,(H,37,38)(H2,31,32,33,35). The van der Waals surface area contributed by atoms with Crippen molar-refractivity contribution in [3.05, 3.63) is 64.4 Å². The maximum Gasteiger partial charge on any atom is 0.330 e. The van der Waals surface area contributed by atoms with E-state index in [9.17, 15) is 18.4 Å². The second kappa shape index (κ2) is 14.1. The van der Waals surface area contributed by atoms with Crippen LogP contribution in [0.5, 0.6) is 0 Å². The average Bonchev–Trinajstić information content (AvgIpc) is 3.37. The number of esters is 1. The summed E-state index contributed by atoms with van der Waals surface area (Å²) in [5, 5.41) is 7.80. The van der Waals surface area contributed by atoms with Gasteiger partial charge in [0.2, 0.25) is 5.91 Å². The summed E-state index contributed by atoms with van der Waals surface area (Å²) in [6.07, 6.45) is 3.99. The highest BCUT2D eigenvalue weighted by Gasteiger charge is 2.34. The van der Waals surface area contributed by atoms with Gasteiger partial charge in [-0.15, -0.1) is 11.3 Å². The van der Waals surface area contributed by atoms with Crippen LogP contribution in [0.15, 0.2) is 59.6 Å². The number of aliphatic imine (C=N–C) groups is 1. The number of nitrogens with one attached hydrogen (secondary N) is 2. The van der Waals surface area contributed by atoms with Crippen molar-refractivity contribution in [2.24, 2.45) is 4.99 Å². The molecule has 0 spiro atoms. The van der Waals surface area contributed by atoms with E-state index in [2.05, 4.69) is 15.6 Å². The summed E-state index contributed by atoms with van der Waals surface area (Å²) in [6.45, 7) is 6.89. The fourth-order valence-corrected chi connectivity index (χ4v) is 6.35. The molecule has 0 aliphatic carbocycles. The molecular weight excluding hydrogens is 560 g/mol. The molecule has 3 N–H and O–H groups in total. The van der Waals surface area contributed by atoms with E-state index in [1.807, 2.05) is 48.5 Å². The SMILES string of the molecule is CC(C)(C)OC(=O)C(Cc1ccc(CCCCC(=O)NC2=NCCCN2)s1)N(c1ccc2ccccc2c1)S(=O)O. The highest BCUT2D eigenvalue weighted by molar-refractivity contribution is 7.80. The number of unbranched alkanes of at least 4 members (excludes halogenated alkanes) is 1. The number of guanidine groups is 1. The number of fused-ring (bicyclic) bond motifs is 1. The topological polar surface area (TPSA) is 120 Å². The van der Waals surface area contributed by atoms with Crippen LogP contribution >= 0.6 is 11.3 Å². The van der Waals surface area contributed by atoms with E-state index < -0.39 is 28.9 Å². The Balaban J connectivity index is 1.43. The monoisotopic (exact) mass is 598 g/mol. The Bertz CT molecular complexity index is 1420. The van der Waals surface area contributed by atoms with Crippen molar-refractivity contribution in [2.75, 3.05) is 17.4 Å². The lowest BCUT2D eigenvalue weighted by Gasteiger charge is -2.31. The first-order chi connectivity index (χ1) is 19.6. The van der Waals surface area contributed by atoms with Gasteiger partial charge in [-0.3, -0.25) is 24.0 Å². The fraction of sp³-hybridized carbons (Fsp3) is 0.433. The predicted octanol–water partition coefficient (Wildman–Crippen LogP) is 4.98. The number of amides is 1. The second-order valence-electron chi connectivity index (χ2n) is 11.0. The maximum atomic E-state index is 13.4. The Morgan fingerprint density at radius 3 is 2.59 bits per heavy atom. The lowest BCUT2D eigenvalue weighted by atomic mass is 10.1. The highest BCUT2D eigenvalue weighted by Crippen LogP contribution is 2.29. The van der Waals surface area contributed by atoms with E-state index in [-0.39, 0.29) is 12.3 Å². The molecule has 220 valence electrons. The molecule has 0 saturated heterocycles. The van der Waals surface area contributed by atoms with Crippen molar-refractivity contribution in [1.82, 2.24) is 10.6 Å². The van der Waals surface area contributed by atoms with Crippen molar-refractivity contribution in [1.29, 1.82) is 0 Å². The number of benzene rings is 2. The molecule has 4 rings (SSSR count). The number of hydrogen-bond donors (Lipinski definition) is 3. The van der Waals surface area contributed by atoms with Crippen LogP contribution in [-0.4, -0.2) is 51.3 Å². The van der Waals surface area contributed by atoms with Gasteiger partial charge in [0.15, 0.2) is 5.96 Å². The minimum Gasteiger partial charge on any atom is -0.458 e. The normalized spacial score (nSPS) is 15.0. The molecule has 0 fully saturated rings. The zero-order valence-corrected chi connectivity index (χ0v) is 25.4. The lowest BCUT2D eigenvalue weighted by molar-refractivity contribution is -0.156. The van der Waals surface area contributed by atoms with E-state index in [1.165, 1.54) is 4.31 Å². The van der Waals surface area contributed by atoms with Gasteiger partial charge in [0.1, 0.15) is 11.6 Å². The van der Waals surface area contributed by atoms with Gasteiger partial charge >= 0.3 is 5.97 Å². The minimum atomic E-state index is -2.47. The molecule has 9 nitrogen and oxygen atoms in total. The summed E-state index contributed by atoms with van der Waals surface area (Å²) in [5.41, 5.74) is -0.293. The van der Waals surface area contributed by atoms with Crippen LogP contribution in [0.4, 0.5) is 5.69 Å². The van der Waals surface area contributed by atoms with Gasteiger partial charge in [-0.05, 0) is 81.5 Å². The predicted molar refractivity (Wildman–Crippen MR) is 165 cm³/mol. The molecule has 2 unspecified atom stereocenters. The van der Waals surface area contributed by atoms with Gasteiger partial charge < -0.3 is 10.1 Å². The van der Waals surface area contributed by atoms with Crippen LogP contribution in [0.1, 0.15) is 56.2 Å². The van der Waals surface area contributed by atoms with Gasteiger partial charge in [0.25, 0.3) is 11.3 Å². The van der Waals surface area contributed by atoms with Crippen LogP contribution in [0.3, 0.4) is 0 Å². The first kappa shape index (κ1) is 30.7. The van der Waals surface area contributed by atoms with Gasteiger partial charge in [0.05, 0.1) is 5.69 Å². The Labute approximate surface area is 247 Å². The molecule has 0 bridgehead atoms. The number of hydrogen-bond acceptors (Lipinski definition) is 7. The van der Waals surface area contributed by atoms with Crippen molar-refractivity contribution in [3.8, 4) is 0 Å². The summed E-state index contributed by atoms with van der Waals surface area (Å²) < 4.78 is 30.0.